The number of rotatable bonds is 7. The Balaban J connectivity index is 1.33. The Morgan fingerprint density at radius 1 is 0.600 bits per heavy atom. The molecule has 0 spiro atoms. The first-order valence-electron chi connectivity index (χ1n) is 13.4. The van der Waals surface area contributed by atoms with Crippen molar-refractivity contribution in [1.29, 1.82) is 0 Å². The number of aryl methyl sites for hydroxylation is 2. The molecular weight excluding hydrogens is 548 g/mol. The lowest BCUT2D eigenvalue weighted by Gasteiger charge is -2.36. The van der Waals surface area contributed by atoms with Gasteiger partial charge in [-0.2, -0.15) is 8.61 Å². The molecule has 5 rings (SSSR count). The molecule has 0 N–H and O–H groups in total. The topological polar surface area (TPSA) is 90.5 Å². The second-order valence-electron chi connectivity index (χ2n) is 10.3. The number of anilines is 2. The number of benzene rings is 3. The molecule has 0 aliphatic carbocycles. The fraction of sp³-hybridized carbons (Fsp3) is 0.379. The summed E-state index contributed by atoms with van der Waals surface area (Å²) in [7, 11) is -6.50. The molecule has 11 heteroatoms. The van der Waals surface area contributed by atoms with E-state index >= 15 is 0 Å². The average Bonchev–Trinajstić information content (AvgIpc) is 2.97. The van der Waals surface area contributed by atoms with Gasteiger partial charge in [0, 0.05) is 63.7 Å². The third kappa shape index (κ3) is 5.69. The van der Waals surface area contributed by atoms with Gasteiger partial charge in [0.05, 0.1) is 12.0 Å². The molecule has 214 valence electrons. The summed E-state index contributed by atoms with van der Waals surface area (Å²) >= 11 is 0. The Bertz CT molecular complexity index is 1580. The molecule has 0 radical (unpaired) electrons. The lowest BCUT2D eigenvalue weighted by molar-refractivity contribution is 0.373. The minimum Gasteiger partial charge on any atom is -0.495 e. The minimum atomic E-state index is -3.99. The van der Waals surface area contributed by atoms with E-state index in [1.54, 1.807) is 0 Å². The summed E-state index contributed by atoms with van der Waals surface area (Å²) in [5.41, 5.74) is 4.42. The van der Waals surface area contributed by atoms with E-state index in [1.807, 2.05) is 50.2 Å². The van der Waals surface area contributed by atoms with Crippen LogP contribution >= 0.6 is 0 Å². The second-order valence-corrected chi connectivity index (χ2v) is 14.1. The van der Waals surface area contributed by atoms with Crippen LogP contribution in [0.25, 0.3) is 0 Å². The van der Waals surface area contributed by atoms with Crippen LogP contribution in [0.1, 0.15) is 11.1 Å². The number of piperazine rings is 2. The van der Waals surface area contributed by atoms with E-state index in [-0.39, 0.29) is 28.6 Å². The molecule has 2 fully saturated rings. The highest BCUT2D eigenvalue weighted by Crippen LogP contribution is 2.32. The predicted octanol–water partition coefficient (Wildman–Crippen LogP) is 3.33. The third-order valence-electron chi connectivity index (χ3n) is 7.60. The van der Waals surface area contributed by atoms with Gasteiger partial charge >= 0.3 is 0 Å². The highest BCUT2D eigenvalue weighted by Gasteiger charge is 2.34. The van der Waals surface area contributed by atoms with Crippen LogP contribution in [0.5, 0.6) is 5.75 Å². The molecule has 0 atom stereocenters. The van der Waals surface area contributed by atoms with Gasteiger partial charge in [-0.1, -0.05) is 24.3 Å². The summed E-state index contributed by atoms with van der Waals surface area (Å²) in [5.74, 6) is 0.129. The first-order valence-corrected chi connectivity index (χ1v) is 16.3. The Morgan fingerprint density at radius 3 is 1.52 bits per heavy atom. The standard InChI is InChI=1S/C29H36N4O5S2/c1-23-6-4-8-25(20-23)30-12-16-32(17-13-30)39(34,35)27-10-11-28(38-3)29(22-27)40(36,37)33-18-14-31(15-19-33)26-9-5-7-24(2)21-26/h4-11,20-22H,12-19H2,1-3H3. The van der Waals surface area contributed by atoms with Crippen LogP contribution in [-0.2, 0) is 20.0 Å². The van der Waals surface area contributed by atoms with Crippen molar-refractivity contribution in [3.63, 3.8) is 0 Å². The van der Waals surface area contributed by atoms with Gasteiger partial charge in [-0.05, 0) is 67.4 Å². The van der Waals surface area contributed by atoms with Gasteiger partial charge < -0.3 is 14.5 Å². The minimum absolute atomic E-state index is 0.0470. The number of sulfonamides is 2. The van der Waals surface area contributed by atoms with Gasteiger partial charge in [0.25, 0.3) is 0 Å². The monoisotopic (exact) mass is 584 g/mol. The first-order chi connectivity index (χ1) is 19.1. The van der Waals surface area contributed by atoms with E-state index in [1.165, 1.54) is 33.9 Å². The molecule has 40 heavy (non-hydrogen) atoms. The fourth-order valence-electron chi connectivity index (χ4n) is 5.33. The van der Waals surface area contributed by atoms with Crippen LogP contribution in [0.2, 0.25) is 0 Å². The normalized spacial score (nSPS) is 17.7. The summed E-state index contributed by atoms with van der Waals surface area (Å²) in [4.78, 5) is 4.15. The van der Waals surface area contributed by atoms with Crippen molar-refractivity contribution in [1.82, 2.24) is 8.61 Å². The average molecular weight is 585 g/mol. The van der Waals surface area contributed by atoms with Crippen molar-refractivity contribution in [3.8, 4) is 5.75 Å². The van der Waals surface area contributed by atoms with Crippen LogP contribution in [0.4, 0.5) is 11.4 Å². The number of hydrogen-bond donors (Lipinski definition) is 0. The fourth-order valence-corrected chi connectivity index (χ4v) is 8.46. The summed E-state index contributed by atoms with van der Waals surface area (Å²) in [6, 6.07) is 20.4. The Hall–Kier alpha value is -3.12. The molecule has 0 unspecified atom stereocenters. The highest BCUT2D eigenvalue weighted by molar-refractivity contribution is 7.90. The van der Waals surface area contributed by atoms with Crippen LogP contribution in [0.15, 0.2) is 76.5 Å². The second kappa shape index (κ2) is 11.4. The summed E-state index contributed by atoms with van der Waals surface area (Å²) in [6.45, 7) is 7.43. The van der Waals surface area contributed by atoms with Crippen molar-refractivity contribution in [3.05, 3.63) is 77.9 Å². The molecule has 9 nitrogen and oxygen atoms in total. The van der Waals surface area contributed by atoms with Crippen molar-refractivity contribution in [2.24, 2.45) is 0 Å². The molecule has 3 aromatic carbocycles. The number of methoxy groups -OCH3 is 1. The lowest BCUT2D eigenvalue weighted by Crippen LogP contribution is -2.49. The Morgan fingerprint density at radius 2 is 1.07 bits per heavy atom. The summed E-state index contributed by atoms with van der Waals surface area (Å²) < 4.78 is 63.0. The summed E-state index contributed by atoms with van der Waals surface area (Å²) in [6.07, 6.45) is 0. The maximum Gasteiger partial charge on any atom is 0.246 e. The van der Waals surface area contributed by atoms with E-state index in [4.69, 9.17) is 4.74 Å². The molecule has 0 aromatic heterocycles. The number of ether oxygens (including phenoxy) is 1. The van der Waals surface area contributed by atoms with Crippen LogP contribution in [0, 0.1) is 13.8 Å². The highest BCUT2D eigenvalue weighted by atomic mass is 32.2. The number of nitrogens with zero attached hydrogens (tertiary/aromatic N) is 4. The van der Waals surface area contributed by atoms with Gasteiger partial charge in [-0.15, -0.1) is 0 Å². The van der Waals surface area contributed by atoms with Gasteiger partial charge in [0.2, 0.25) is 20.0 Å². The third-order valence-corrected chi connectivity index (χ3v) is 11.4. The van der Waals surface area contributed by atoms with Gasteiger partial charge in [-0.3, -0.25) is 0 Å². The molecule has 0 amide bonds. The van der Waals surface area contributed by atoms with Crippen molar-refractivity contribution in [2.45, 2.75) is 23.6 Å². The molecule has 3 aromatic rings. The van der Waals surface area contributed by atoms with Crippen LogP contribution in [0.3, 0.4) is 0 Å². The van der Waals surface area contributed by atoms with E-state index < -0.39 is 20.0 Å². The molecule has 0 bridgehead atoms. The lowest BCUT2D eigenvalue weighted by atomic mass is 10.2. The SMILES string of the molecule is COc1ccc(S(=O)(=O)N2CCN(c3cccc(C)c3)CC2)cc1S(=O)(=O)N1CCN(c2cccc(C)c2)CC1. The van der Waals surface area contributed by atoms with E-state index in [0.29, 0.717) is 39.3 Å². The van der Waals surface area contributed by atoms with Crippen molar-refractivity contribution in [2.75, 3.05) is 69.3 Å². The maximum atomic E-state index is 13.8. The Kier molecular flexibility index (Phi) is 8.10. The van der Waals surface area contributed by atoms with Crippen molar-refractivity contribution >= 4 is 31.4 Å². The molecule has 2 saturated heterocycles. The van der Waals surface area contributed by atoms with E-state index in [0.717, 1.165) is 22.5 Å². The quantitative estimate of drug-likeness (QED) is 0.421. The molecule has 2 heterocycles. The zero-order valence-corrected chi connectivity index (χ0v) is 24.8. The van der Waals surface area contributed by atoms with E-state index in [9.17, 15) is 16.8 Å². The molecular formula is C29H36N4O5S2. The predicted molar refractivity (Wildman–Crippen MR) is 157 cm³/mol. The van der Waals surface area contributed by atoms with Gasteiger partial charge in [0.1, 0.15) is 10.6 Å². The molecule has 2 aliphatic rings. The Labute approximate surface area is 237 Å². The van der Waals surface area contributed by atoms with Crippen molar-refractivity contribution < 1.29 is 21.6 Å². The smallest absolute Gasteiger partial charge is 0.246 e. The first kappa shape index (κ1) is 28.4. The van der Waals surface area contributed by atoms with Gasteiger partial charge in [-0.25, -0.2) is 16.8 Å². The molecule has 0 saturated carbocycles. The zero-order chi connectivity index (χ0) is 28.5. The number of hydrogen-bond acceptors (Lipinski definition) is 7. The maximum absolute atomic E-state index is 13.8. The molecule has 2 aliphatic heterocycles. The largest absolute Gasteiger partial charge is 0.495 e. The van der Waals surface area contributed by atoms with E-state index in [2.05, 4.69) is 21.9 Å². The van der Waals surface area contributed by atoms with Gasteiger partial charge in [0.15, 0.2) is 0 Å². The van der Waals surface area contributed by atoms with Crippen LogP contribution < -0.4 is 14.5 Å². The van der Waals surface area contributed by atoms with Crippen LogP contribution in [-0.4, -0.2) is 84.9 Å². The summed E-state index contributed by atoms with van der Waals surface area (Å²) in [5, 5.41) is 0. The zero-order valence-electron chi connectivity index (χ0n) is 23.2.